The molecule has 1 amide bonds. The molecule has 1 heterocycles. The molecule has 0 fully saturated rings. The van der Waals surface area contributed by atoms with Crippen LogP contribution in [0.1, 0.15) is 15.2 Å². The first-order chi connectivity index (χ1) is 15.8. The molecule has 4 heteroatoms. The second-order valence-corrected chi connectivity index (χ2v) is 8.53. The van der Waals surface area contributed by atoms with Crippen LogP contribution in [0.2, 0.25) is 0 Å². The Morgan fingerprint density at radius 3 is 2.31 bits per heavy atom. The summed E-state index contributed by atoms with van der Waals surface area (Å²) < 4.78 is 7.00. The monoisotopic (exact) mass is 435 g/mol. The van der Waals surface area contributed by atoms with E-state index >= 15 is 0 Å². The van der Waals surface area contributed by atoms with E-state index in [1.54, 1.807) is 0 Å². The number of hydrogen-bond acceptors (Lipinski definition) is 3. The zero-order valence-electron chi connectivity index (χ0n) is 17.3. The van der Waals surface area contributed by atoms with Gasteiger partial charge in [-0.3, -0.25) is 4.79 Å². The molecule has 0 aliphatic rings. The number of rotatable bonds is 6. The highest BCUT2D eigenvalue weighted by Gasteiger charge is 2.13. The molecule has 0 unspecified atom stereocenters. The third kappa shape index (κ3) is 4.41. The summed E-state index contributed by atoms with van der Waals surface area (Å²) in [5, 5.41) is 4.17. The highest BCUT2D eigenvalue weighted by Crippen LogP contribution is 2.31. The highest BCUT2D eigenvalue weighted by atomic mass is 32.1. The Labute approximate surface area is 190 Å². The van der Waals surface area contributed by atoms with Crippen LogP contribution in [0.5, 0.6) is 5.75 Å². The zero-order chi connectivity index (χ0) is 21.8. The summed E-state index contributed by atoms with van der Waals surface area (Å²) in [7, 11) is 0. The van der Waals surface area contributed by atoms with Gasteiger partial charge in [0.05, 0.1) is 4.88 Å². The zero-order valence-corrected chi connectivity index (χ0v) is 18.1. The molecule has 0 bridgehead atoms. The van der Waals surface area contributed by atoms with Crippen molar-refractivity contribution in [1.29, 1.82) is 0 Å². The lowest BCUT2D eigenvalue weighted by molar-refractivity contribution is 0.103. The Balaban J connectivity index is 1.33. The van der Waals surface area contributed by atoms with E-state index < -0.39 is 0 Å². The van der Waals surface area contributed by atoms with Crippen molar-refractivity contribution in [3.05, 3.63) is 120 Å². The largest absolute Gasteiger partial charge is 0.489 e. The predicted octanol–water partition coefficient (Wildman–Crippen LogP) is 7.40. The van der Waals surface area contributed by atoms with Gasteiger partial charge in [0, 0.05) is 16.0 Å². The van der Waals surface area contributed by atoms with Crippen molar-refractivity contribution >= 4 is 33.0 Å². The molecule has 0 saturated carbocycles. The quantitative estimate of drug-likeness (QED) is 0.302. The molecular formula is C28H21NO2S. The van der Waals surface area contributed by atoms with Gasteiger partial charge < -0.3 is 10.1 Å². The van der Waals surface area contributed by atoms with E-state index in [0.717, 1.165) is 38.2 Å². The van der Waals surface area contributed by atoms with Crippen molar-refractivity contribution < 1.29 is 9.53 Å². The molecule has 5 aromatic rings. The van der Waals surface area contributed by atoms with E-state index in [4.69, 9.17) is 4.74 Å². The van der Waals surface area contributed by atoms with Gasteiger partial charge in [0.1, 0.15) is 12.4 Å². The minimum absolute atomic E-state index is 0.0959. The average molecular weight is 436 g/mol. The van der Waals surface area contributed by atoms with Crippen molar-refractivity contribution in [2.24, 2.45) is 0 Å². The standard InChI is InChI=1S/C28H21NO2S/c30-28(27-18-22-10-4-7-13-26(22)32-27)29-25-12-6-5-11-24(25)21-14-16-23(17-15-21)31-19-20-8-2-1-3-9-20/h1-18H,19H2,(H,29,30). The maximum absolute atomic E-state index is 12.9. The summed E-state index contributed by atoms with van der Waals surface area (Å²) in [6.45, 7) is 0.530. The van der Waals surface area contributed by atoms with Crippen LogP contribution in [-0.4, -0.2) is 5.91 Å². The van der Waals surface area contributed by atoms with E-state index in [1.807, 2.05) is 109 Å². The topological polar surface area (TPSA) is 38.3 Å². The first-order valence-electron chi connectivity index (χ1n) is 10.4. The van der Waals surface area contributed by atoms with Crippen LogP contribution in [0.15, 0.2) is 109 Å². The third-order valence-corrected chi connectivity index (χ3v) is 6.35. The van der Waals surface area contributed by atoms with Gasteiger partial charge in [0.25, 0.3) is 5.91 Å². The number of thiophene rings is 1. The molecule has 0 aliphatic heterocycles. The number of benzene rings is 4. The summed E-state index contributed by atoms with van der Waals surface area (Å²) in [6, 6.07) is 35.9. The van der Waals surface area contributed by atoms with Gasteiger partial charge in [-0.2, -0.15) is 0 Å². The van der Waals surface area contributed by atoms with E-state index in [2.05, 4.69) is 5.32 Å². The second kappa shape index (κ2) is 9.08. The normalized spacial score (nSPS) is 10.8. The van der Waals surface area contributed by atoms with E-state index in [-0.39, 0.29) is 5.91 Å². The summed E-state index contributed by atoms with van der Waals surface area (Å²) in [6.07, 6.45) is 0. The molecule has 156 valence electrons. The molecule has 1 N–H and O–H groups in total. The Morgan fingerprint density at radius 2 is 1.50 bits per heavy atom. The van der Waals surface area contributed by atoms with Crippen LogP contribution in [0, 0.1) is 0 Å². The van der Waals surface area contributed by atoms with Gasteiger partial charge in [-0.05, 0) is 46.8 Å². The maximum atomic E-state index is 12.9. The Morgan fingerprint density at radius 1 is 0.781 bits per heavy atom. The number of anilines is 1. The first-order valence-corrected chi connectivity index (χ1v) is 11.2. The average Bonchev–Trinajstić information content (AvgIpc) is 3.29. The van der Waals surface area contributed by atoms with Crippen molar-refractivity contribution in [2.75, 3.05) is 5.32 Å². The van der Waals surface area contributed by atoms with Gasteiger partial charge in [-0.1, -0.05) is 78.9 Å². The maximum Gasteiger partial charge on any atom is 0.265 e. The lowest BCUT2D eigenvalue weighted by Crippen LogP contribution is -2.10. The molecule has 0 atom stereocenters. The molecule has 0 spiro atoms. The lowest BCUT2D eigenvalue weighted by atomic mass is 10.0. The number of hydrogen-bond donors (Lipinski definition) is 1. The number of carbonyl (C=O) groups excluding carboxylic acids is 1. The van der Waals surface area contributed by atoms with E-state index in [9.17, 15) is 4.79 Å². The number of ether oxygens (including phenoxy) is 1. The van der Waals surface area contributed by atoms with Crippen LogP contribution in [0.4, 0.5) is 5.69 Å². The fourth-order valence-electron chi connectivity index (χ4n) is 3.59. The van der Waals surface area contributed by atoms with Crippen molar-refractivity contribution in [2.45, 2.75) is 6.61 Å². The van der Waals surface area contributed by atoms with Gasteiger partial charge in [0.2, 0.25) is 0 Å². The van der Waals surface area contributed by atoms with Crippen molar-refractivity contribution in [3.8, 4) is 16.9 Å². The molecule has 1 aromatic heterocycles. The number of carbonyl (C=O) groups is 1. The number of nitrogens with one attached hydrogen (secondary N) is 1. The van der Waals surface area contributed by atoms with Crippen LogP contribution in [-0.2, 0) is 6.61 Å². The SMILES string of the molecule is O=C(Nc1ccccc1-c1ccc(OCc2ccccc2)cc1)c1cc2ccccc2s1. The molecule has 0 saturated heterocycles. The minimum atomic E-state index is -0.0959. The smallest absolute Gasteiger partial charge is 0.265 e. The van der Waals surface area contributed by atoms with Crippen LogP contribution in [0.25, 0.3) is 21.2 Å². The van der Waals surface area contributed by atoms with Crippen molar-refractivity contribution in [1.82, 2.24) is 0 Å². The van der Waals surface area contributed by atoms with Crippen molar-refractivity contribution in [3.63, 3.8) is 0 Å². The summed E-state index contributed by atoms with van der Waals surface area (Å²) in [5.41, 5.74) is 3.90. The Kier molecular flexibility index (Phi) is 5.69. The van der Waals surface area contributed by atoms with Crippen LogP contribution >= 0.6 is 11.3 Å². The van der Waals surface area contributed by atoms with Gasteiger partial charge >= 0.3 is 0 Å². The molecule has 3 nitrogen and oxygen atoms in total. The second-order valence-electron chi connectivity index (χ2n) is 7.45. The molecule has 0 radical (unpaired) electrons. The Hall–Kier alpha value is -3.89. The molecule has 4 aromatic carbocycles. The lowest BCUT2D eigenvalue weighted by Gasteiger charge is -2.12. The molecule has 5 rings (SSSR count). The van der Waals surface area contributed by atoms with Crippen LogP contribution in [0.3, 0.4) is 0 Å². The summed E-state index contributed by atoms with van der Waals surface area (Å²) >= 11 is 1.50. The first kappa shape index (κ1) is 20.0. The van der Waals surface area contributed by atoms with Gasteiger partial charge in [0.15, 0.2) is 0 Å². The van der Waals surface area contributed by atoms with E-state index in [1.165, 1.54) is 11.3 Å². The van der Waals surface area contributed by atoms with E-state index in [0.29, 0.717) is 11.5 Å². The highest BCUT2D eigenvalue weighted by molar-refractivity contribution is 7.20. The molecular weight excluding hydrogens is 414 g/mol. The fourth-order valence-corrected chi connectivity index (χ4v) is 4.55. The predicted molar refractivity (Wildman–Crippen MR) is 132 cm³/mol. The van der Waals surface area contributed by atoms with Crippen LogP contribution < -0.4 is 10.1 Å². The fraction of sp³-hybridized carbons (Fsp3) is 0.0357. The minimum Gasteiger partial charge on any atom is -0.489 e. The summed E-state index contributed by atoms with van der Waals surface area (Å²) in [5.74, 6) is 0.714. The molecule has 0 aliphatic carbocycles. The number of amides is 1. The Bertz CT molecular complexity index is 1320. The van der Waals surface area contributed by atoms with Gasteiger partial charge in [-0.25, -0.2) is 0 Å². The summed E-state index contributed by atoms with van der Waals surface area (Å²) in [4.78, 5) is 13.6. The third-order valence-electron chi connectivity index (χ3n) is 5.24. The molecule has 32 heavy (non-hydrogen) atoms. The number of fused-ring (bicyclic) bond motifs is 1. The van der Waals surface area contributed by atoms with Gasteiger partial charge in [-0.15, -0.1) is 11.3 Å². The number of para-hydroxylation sites is 1.